The second-order valence-corrected chi connectivity index (χ2v) is 8.63. The highest BCUT2D eigenvalue weighted by atomic mass is 32.2. The van der Waals surface area contributed by atoms with E-state index in [1.807, 2.05) is 6.26 Å². The van der Waals surface area contributed by atoms with Gasteiger partial charge < -0.3 is 27.9 Å². The second kappa shape index (κ2) is 13.3. The summed E-state index contributed by atoms with van der Waals surface area (Å²) >= 11 is 1.58. The lowest BCUT2D eigenvalue weighted by molar-refractivity contribution is -0.147. The van der Waals surface area contributed by atoms with Crippen molar-refractivity contribution in [2.45, 2.75) is 25.0 Å². The van der Waals surface area contributed by atoms with E-state index in [-0.39, 0.29) is 19.2 Å². The fourth-order valence-electron chi connectivity index (χ4n) is 1.66. The van der Waals surface area contributed by atoms with Crippen LogP contribution in [0.5, 0.6) is 0 Å². The molecule has 0 rings (SSSR count). The van der Waals surface area contributed by atoms with Crippen molar-refractivity contribution in [2.75, 3.05) is 53.2 Å². The number of carbonyl (C=O) groups is 1. The molecule has 0 bridgehead atoms. The summed E-state index contributed by atoms with van der Waals surface area (Å²) in [6, 6.07) is 0.635. The molecule has 1 unspecified atom stereocenters. The van der Waals surface area contributed by atoms with Crippen molar-refractivity contribution in [3.05, 3.63) is 0 Å². The summed E-state index contributed by atoms with van der Waals surface area (Å²) in [5, 5.41) is 9.65. The first-order valence-corrected chi connectivity index (χ1v) is 10.4. The molecule has 1 N–H and O–H groups in total. The highest BCUT2D eigenvalue weighted by molar-refractivity contribution is 7.98. The molecule has 9 heteroatoms. The highest BCUT2D eigenvalue weighted by Gasteiger charge is 2.36. The monoisotopic (exact) mass is 356 g/mol. The number of ether oxygens (including phenoxy) is 2. The molecule has 0 aromatic rings. The molecule has 7 nitrogen and oxygen atoms in total. The van der Waals surface area contributed by atoms with Crippen molar-refractivity contribution in [1.29, 1.82) is 0 Å². The molecule has 0 aliphatic heterocycles. The molecular weight excluding hydrogens is 328 g/mol. The van der Waals surface area contributed by atoms with Crippen LogP contribution >= 0.6 is 11.8 Å². The second-order valence-electron chi connectivity index (χ2n) is 4.55. The molecule has 0 fully saturated rings. The van der Waals surface area contributed by atoms with Gasteiger partial charge in [0, 0.05) is 39.7 Å². The number of thioether (sulfide) groups is 1. The maximum absolute atomic E-state index is 11.3. The lowest BCUT2D eigenvalue weighted by Gasteiger charge is -2.24. The van der Waals surface area contributed by atoms with E-state index in [2.05, 4.69) is 0 Å². The number of aliphatic hydroxyl groups is 1. The van der Waals surface area contributed by atoms with Gasteiger partial charge in [0.05, 0.1) is 13.0 Å². The Kier molecular flexibility index (Phi) is 13.2. The number of hydrogen-bond donors (Lipinski definition) is 1. The van der Waals surface area contributed by atoms with Crippen LogP contribution in [0.1, 0.15) is 12.8 Å². The van der Waals surface area contributed by atoms with E-state index < -0.39 is 14.9 Å². The summed E-state index contributed by atoms with van der Waals surface area (Å²) in [6.07, 6.45) is 2.16. The molecule has 0 saturated carbocycles. The largest absolute Gasteiger partial charge is 0.500 e. The minimum absolute atomic E-state index is 0.0416. The summed E-state index contributed by atoms with van der Waals surface area (Å²) in [6.45, 7) is 0.528. The lowest BCUT2D eigenvalue weighted by Crippen LogP contribution is -2.42. The van der Waals surface area contributed by atoms with E-state index in [0.717, 1.165) is 5.75 Å². The van der Waals surface area contributed by atoms with Crippen molar-refractivity contribution >= 4 is 26.5 Å². The van der Waals surface area contributed by atoms with Gasteiger partial charge in [0.2, 0.25) is 0 Å². The number of aliphatic hydroxyl groups excluding tert-OH is 1. The van der Waals surface area contributed by atoms with Crippen LogP contribution in [0.4, 0.5) is 0 Å². The van der Waals surface area contributed by atoms with Gasteiger partial charge in [-0.05, 0) is 12.7 Å². The van der Waals surface area contributed by atoms with Gasteiger partial charge in [-0.3, -0.25) is 4.79 Å². The van der Waals surface area contributed by atoms with Crippen LogP contribution in [0.15, 0.2) is 0 Å². The van der Waals surface area contributed by atoms with Gasteiger partial charge in [-0.15, -0.1) is 0 Å². The van der Waals surface area contributed by atoms with Crippen LogP contribution in [-0.2, 0) is 27.5 Å². The topological polar surface area (TPSA) is 83.5 Å². The number of rotatable bonds is 14. The lowest BCUT2D eigenvalue weighted by atomic mass is 10.4. The zero-order valence-corrected chi connectivity index (χ0v) is 15.6. The van der Waals surface area contributed by atoms with Gasteiger partial charge in [0.15, 0.2) is 0 Å². The van der Waals surface area contributed by atoms with Crippen LogP contribution in [0.25, 0.3) is 0 Å². The molecule has 132 valence electrons. The number of esters is 1. The molecule has 0 aliphatic rings. The Morgan fingerprint density at radius 1 is 1.18 bits per heavy atom. The quantitative estimate of drug-likeness (QED) is 0.280. The average molecular weight is 357 g/mol. The highest BCUT2D eigenvalue weighted by Crippen LogP contribution is 2.14. The van der Waals surface area contributed by atoms with Crippen LogP contribution in [0, 0.1) is 0 Å². The van der Waals surface area contributed by atoms with Gasteiger partial charge in [0.25, 0.3) is 0 Å². The van der Waals surface area contributed by atoms with E-state index in [1.54, 1.807) is 33.1 Å². The van der Waals surface area contributed by atoms with E-state index in [4.69, 9.17) is 22.8 Å². The SMILES string of the molecule is CO[Si](CCCOCC(O)COC(=O)CCSC)(OC)OC. The fourth-order valence-corrected chi connectivity index (χ4v) is 3.72. The number of carbonyl (C=O) groups excluding carboxylic acids is 1. The van der Waals surface area contributed by atoms with Crippen LogP contribution in [0.3, 0.4) is 0 Å². The summed E-state index contributed by atoms with van der Waals surface area (Å²) in [4.78, 5) is 11.3. The van der Waals surface area contributed by atoms with Crippen molar-refractivity contribution in [1.82, 2.24) is 0 Å². The van der Waals surface area contributed by atoms with Crippen LogP contribution in [-0.4, -0.2) is 79.1 Å². The maximum Gasteiger partial charge on any atom is 0.500 e. The van der Waals surface area contributed by atoms with Gasteiger partial charge in [-0.1, -0.05) is 0 Å². The zero-order valence-electron chi connectivity index (χ0n) is 13.8. The third-order valence-electron chi connectivity index (χ3n) is 2.96. The average Bonchev–Trinajstić information content (AvgIpc) is 2.55. The first-order valence-electron chi connectivity index (χ1n) is 7.09. The maximum atomic E-state index is 11.3. The van der Waals surface area contributed by atoms with Gasteiger partial charge >= 0.3 is 14.8 Å². The first kappa shape index (κ1) is 21.8. The summed E-state index contributed by atoms with van der Waals surface area (Å²) < 4.78 is 26.2. The van der Waals surface area contributed by atoms with Crippen molar-refractivity contribution in [3.63, 3.8) is 0 Å². The normalized spacial score (nSPS) is 13.1. The Morgan fingerprint density at radius 3 is 2.36 bits per heavy atom. The summed E-state index contributed by atoms with van der Waals surface area (Å²) in [5.74, 6) is 0.416. The van der Waals surface area contributed by atoms with E-state index >= 15 is 0 Å². The van der Waals surface area contributed by atoms with E-state index in [0.29, 0.717) is 25.5 Å². The third-order valence-corrected chi connectivity index (χ3v) is 6.41. The summed E-state index contributed by atoms with van der Waals surface area (Å²) in [7, 11) is 2.14. The van der Waals surface area contributed by atoms with E-state index in [9.17, 15) is 9.90 Å². The number of hydrogen-bond acceptors (Lipinski definition) is 8. The molecule has 22 heavy (non-hydrogen) atoms. The Bertz CT molecular complexity index is 281. The Balaban J connectivity index is 3.68. The Labute approximate surface area is 138 Å². The molecule has 0 saturated heterocycles. The van der Waals surface area contributed by atoms with Gasteiger partial charge in [-0.2, -0.15) is 11.8 Å². The predicted molar refractivity (Wildman–Crippen MR) is 87.0 cm³/mol. The van der Waals surface area contributed by atoms with Gasteiger partial charge in [-0.25, -0.2) is 0 Å². The fraction of sp³-hybridized carbons (Fsp3) is 0.923. The predicted octanol–water partition coefficient (Wildman–Crippen LogP) is 0.928. The van der Waals surface area contributed by atoms with Crippen LogP contribution in [0.2, 0.25) is 6.04 Å². The molecule has 0 heterocycles. The standard InChI is InChI=1S/C13H28O7SSi/c1-16-22(17-2,18-3)9-5-7-19-10-12(14)11-20-13(15)6-8-21-4/h12,14H,5-11H2,1-4H3. The smallest absolute Gasteiger partial charge is 0.463 e. The molecule has 0 aromatic carbocycles. The van der Waals surface area contributed by atoms with Crippen molar-refractivity contribution in [2.24, 2.45) is 0 Å². The third kappa shape index (κ3) is 9.77. The Hall–Kier alpha value is -0.163. The van der Waals surface area contributed by atoms with E-state index in [1.165, 1.54) is 0 Å². The van der Waals surface area contributed by atoms with Crippen molar-refractivity contribution in [3.8, 4) is 0 Å². The summed E-state index contributed by atoms with van der Waals surface area (Å²) in [5.41, 5.74) is 0. The molecule has 0 spiro atoms. The van der Waals surface area contributed by atoms with Crippen molar-refractivity contribution < 1.29 is 32.7 Å². The molecule has 0 amide bonds. The zero-order chi connectivity index (χ0) is 16.8. The Morgan fingerprint density at radius 2 is 1.82 bits per heavy atom. The van der Waals surface area contributed by atoms with Gasteiger partial charge in [0.1, 0.15) is 12.7 Å². The molecular formula is C13H28O7SSi. The van der Waals surface area contributed by atoms with Crippen LogP contribution < -0.4 is 0 Å². The molecule has 0 aliphatic carbocycles. The molecule has 0 radical (unpaired) electrons. The molecule has 0 aromatic heterocycles. The minimum Gasteiger partial charge on any atom is -0.463 e. The minimum atomic E-state index is -2.55. The molecule has 1 atom stereocenters. The first-order chi connectivity index (χ1) is 10.5.